The lowest BCUT2D eigenvalue weighted by Crippen LogP contribution is -2.20. The Morgan fingerprint density at radius 2 is 1.97 bits per heavy atom. The van der Waals surface area contributed by atoms with E-state index in [1.54, 1.807) is 16.8 Å². The molecule has 0 saturated heterocycles. The molecule has 2 aromatic heterocycles. The van der Waals surface area contributed by atoms with Crippen molar-refractivity contribution in [1.82, 2.24) is 9.55 Å². The number of ether oxygens (including phenoxy) is 2. The van der Waals surface area contributed by atoms with Crippen LogP contribution < -0.4 is 10.6 Å². The molecule has 1 atom stereocenters. The summed E-state index contributed by atoms with van der Waals surface area (Å²) in [7, 11) is 2.73. The largest absolute Gasteiger partial charge is 0.464 e. The smallest absolute Gasteiger partial charge is 0.356 e. The molecule has 0 aliphatic heterocycles. The molecule has 9 heteroatoms. The standard InChI is InChI=1S/C24H30N4O5/c1-16(14-29)26-18-12-19-21(27-20(30)15-32-2)22(24(31)33-3)28(23(19)25-13-18)11-7-10-17-8-5-4-6-9-17/h4-6,8-9,12-13,16,26,29H,7,10-11,14-15H2,1-3H3,(H,27,30). The van der Waals surface area contributed by atoms with Gasteiger partial charge in [-0.2, -0.15) is 0 Å². The van der Waals surface area contributed by atoms with E-state index in [1.807, 2.05) is 25.1 Å². The van der Waals surface area contributed by atoms with Crippen LogP contribution in [-0.4, -0.2) is 60.0 Å². The number of nitrogens with zero attached hydrogens (tertiary/aromatic N) is 2. The van der Waals surface area contributed by atoms with Crippen molar-refractivity contribution in [3.63, 3.8) is 0 Å². The number of methoxy groups -OCH3 is 2. The molecule has 33 heavy (non-hydrogen) atoms. The highest BCUT2D eigenvalue weighted by atomic mass is 16.5. The molecule has 0 aliphatic carbocycles. The van der Waals surface area contributed by atoms with Gasteiger partial charge in [0, 0.05) is 25.1 Å². The number of amides is 1. The second kappa shape index (κ2) is 11.4. The van der Waals surface area contributed by atoms with Gasteiger partial charge in [0.1, 0.15) is 12.3 Å². The molecule has 3 aromatic rings. The Balaban J connectivity index is 2.05. The first kappa shape index (κ1) is 24.2. The normalized spacial score (nSPS) is 11.9. The van der Waals surface area contributed by atoms with Crippen LogP contribution in [0.3, 0.4) is 0 Å². The fourth-order valence-electron chi connectivity index (χ4n) is 3.68. The molecule has 1 aromatic carbocycles. The number of nitrogens with one attached hydrogen (secondary N) is 2. The Kier molecular flexibility index (Phi) is 8.39. The second-order valence-corrected chi connectivity index (χ2v) is 7.76. The molecule has 2 heterocycles. The third-order valence-corrected chi connectivity index (χ3v) is 5.19. The molecule has 0 aliphatic rings. The number of carbonyl (C=O) groups excluding carboxylic acids is 2. The quantitative estimate of drug-likeness (QED) is 0.382. The van der Waals surface area contributed by atoms with Gasteiger partial charge in [0.05, 0.1) is 31.3 Å². The van der Waals surface area contributed by atoms with Crippen LogP contribution in [0.5, 0.6) is 0 Å². The molecule has 0 spiro atoms. The maximum absolute atomic E-state index is 12.8. The molecule has 0 fully saturated rings. The zero-order valence-corrected chi connectivity index (χ0v) is 19.1. The predicted molar refractivity (Wildman–Crippen MR) is 127 cm³/mol. The fraction of sp³-hybridized carbons (Fsp3) is 0.375. The number of esters is 1. The van der Waals surface area contributed by atoms with E-state index in [0.717, 1.165) is 12.8 Å². The van der Waals surface area contributed by atoms with Crippen molar-refractivity contribution in [1.29, 1.82) is 0 Å². The Bertz CT molecular complexity index is 1100. The SMILES string of the molecule is COCC(=O)Nc1c(C(=O)OC)n(CCCc2ccccc2)c2ncc(NC(C)CO)cc12. The van der Waals surface area contributed by atoms with Crippen molar-refractivity contribution in [3.8, 4) is 0 Å². The lowest BCUT2D eigenvalue weighted by atomic mass is 10.1. The van der Waals surface area contributed by atoms with Crippen LogP contribution in [0.15, 0.2) is 42.6 Å². The number of carbonyl (C=O) groups is 2. The average molecular weight is 455 g/mol. The Hall–Kier alpha value is -3.43. The predicted octanol–water partition coefficient (Wildman–Crippen LogP) is 2.83. The number of aliphatic hydroxyl groups excluding tert-OH is 1. The molecule has 9 nitrogen and oxygen atoms in total. The maximum Gasteiger partial charge on any atom is 0.356 e. The molecule has 0 radical (unpaired) electrons. The van der Waals surface area contributed by atoms with Crippen LogP contribution in [0, 0.1) is 0 Å². The van der Waals surface area contributed by atoms with E-state index in [4.69, 9.17) is 9.47 Å². The zero-order chi connectivity index (χ0) is 23.8. The second-order valence-electron chi connectivity index (χ2n) is 7.76. The van der Waals surface area contributed by atoms with E-state index in [-0.39, 0.29) is 24.9 Å². The minimum absolute atomic E-state index is 0.0522. The van der Waals surface area contributed by atoms with Gasteiger partial charge in [0.15, 0.2) is 5.69 Å². The molecule has 3 rings (SSSR count). The molecular formula is C24H30N4O5. The number of aryl methyl sites for hydroxylation is 2. The van der Waals surface area contributed by atoms with Gasteiger partial charge in [0.2, 0.25) is 5.91 Å². The van der Waals surface area contributed by atoms with Crippen molar-refractivity contribution in [2.45, 2.75) is 32.4 Å². The van der Waals surface area contributed by atoms with E-state index >= 15 is 0 Å². The number of pyridine rings is 1. The van der Waals surface area contributed by atoms with E-state index in [9.17, 15) is 14.7 Å². The Morgan fingerprint density at radius 1 is 1.21 bits per heavy atom. The number of aliphatic hydroxyl groups is 1. The van der Waals surface area contributed by atoms with Crippen molar-refractivity contribution in [2.24, 2.45) is 0 Å². The van der Waals surface area contributed by atoms with Gasteiger partial charge in [-0.25, -0.2) is 9.78 Å². The summed E-state index contributed by atoms with van der Waals surface area (Å²) < 4.78 is 11.8. The van der Waals surface area contributed by atoms with Crippen molar-refractivity contribution in [3.05, 3.63) is 53.9 Å². The van der Waals surface area contributed by atoms with Crippen LogP contribution in [0.2, 0.25) is 0 Å². The summed E-state index contributed by atoms with van der Waals surface area (Å²) in [5, 5.41) is 15.9. The summed E-state index contributed by atoms with van der Waals surface area (Å²) in [6, 6.07) is 11.7. The van der Waals surface area contributed by atoms with Crippen LogP contribution in [-0.2, 0) is 27.2 Å². The van der Waals surface area contributed by atoms with Gasteiger partial charge in [-0.15, -0.1) is 0 Å². The van der Waals surface area contributed by atoms with Crippen molar-refractivity contribution >= 4 is 34.3 Å². The minimum atomic E-state index is -0.571. The number of rotatable bonds is 11. The zero-order valence-electron chi connectivity index (χ0n) is 19.1. The average Bonchev–Trinajstić information content (AvgIpc) is 3.11. The third kappa shape index (κ3) is 5.88. The minimum Gasteiger partial charge on any atom is -0.464 e. The first-order valence-electron chi connectivity index (χ1n) is 10.8. The van der Waals surface area contributed by atoms with Crippen LogP contribution in [0.25, 0.3) is 11.0 Å². The Morgan fingerprint density at radius 3 is 2.64 bits per heavy atom. The molecule has 176 valence electrons. The summed E-state index contributed by atoms with van der Waals surface area (Å²) in [6.45, 7) is 2.13. The van der Waals surface area contributed by atoms with E-state index in [0.29, 0.717) is 29.0 Å². The summed E-state index contributed by atoms with van der Waals surface area (Å²) in [5.74, 6) is -0.966. The summed E-state index contributed by atoms with van der Waals surface area (Å²) in [6.07, 6.45) is 3.22. The van der Waals surface area contributed by atoms with E-state index in [2.05, 4.69) is 27.8 Å². The van der Waals surface area contributed by atoms with Crippen LogP contribution >= 0.6 is 0 Å². The molecule has 0 bridgehead atoms. The van der Waals surface area contributed by atoms with E-state index < -0.39 is 11.9 Å². The maximum atomic E-state index is 12.8. The van der Waals surface area contributed by atoms with E-state index in [1.165, 1.54) is 19.8 Å². The number of hydrogen-bond donors (Lipinski definition) is 3. The van der Waals surface area contributed by atoms with Gasteiger partial charge in [0.25, 0.3) is 0 Å². The summed E-state index contributed by atoms with van der Waals surface area (Å²) >= 11 is 0. The number of anilines is 2. The Labute approximate surface area is 192 Å². The number of aromatic nitrogens is 2. The molecule has 1 amide bonds. The lowest BCUT2D eigenvalue weighted by molar-refractivity contribution is -0.119. The van der Waals surface area contributed by atoms with Gasteiger partial charge in [-0.3, -0.25) is 4.79 Å². The monoisotopic (exact) mass is 454 g/mol. The highest BCUT2D eigenvalue weighted by molar-refractivity contribution is 6.11. The number of hydrogen-bond acceptors (Lipinski definition) is 7. The van der Waals surface area contributed by atoms with Crippen molar-refractivity contribution in [2.75, 3.05) is 38.1 Å². The molecule has 1 unspecified atom stereocenters. The first-order valence-corrected chi connectivity index (χ1v) is 10.8. The number of fused-ring (bicyclic) bond motifs is 1. The topological polar surface area (TPSA) is 115 Å². The summed E-state index contributed by atoms with van der Waals surface area (Å²) in [5.41, 5.74) is 2.96. The number of benzene rings is 1. The van der Waals surface area contributed by atoms with Gasteiger partial charge in [-0.05, 0) is 31.4 Å². The molecule has 3 N–H and O–H groups in total. The molecular weight excluding hydrogens is 424 g/mol. The highest BCUT2D eigenvalue weighted by Crippen LogP contribution is 2.33. The van der Waals surface area contributed by atoms with Crippen LogP contribution in [0.4, 0.5) is 11.4 Å². The lowest BCUT2D eigenvalue weighted by Gasteiger charge is -2.12. The summed E-state index contributed by atoms with van der Waals surface area (Å²) in [4.78, 5) is 29.7. The first-order chi connectivity index (χ1) is 16.0. The van der Waals surface area contributed by atoms with Crippen molar-refractivity contribution < 1.29 is 24.2 Å². The van der Waals surface area contributed by atoms with Gasteiger partial charge < -0.3 is 29.8 Å². The van der Waals surface area contributed by atoms with Gasteiger partial charge >= 0.3 is 5.97 Å². The highest BCUT2D eigenvalue weighted by Gasteiger charge is 2.26. The van der Waals surface area contributed by atoms with Gasteiger partial charge in [-0.1, -0.05) is 30.3 Å². The fourth-order valence-corrected chi connectivity index (χ4v) is 3.68. The van der Waals surface area contributed by atoms with Crippen LogP contribution in [0.1, 0.15) is 29.4 Å². The molecule has 0 saturated carbocycles. The third-order valence-electron chi connectivity index (χ3n) is 5.19.